The fourth-order valence-electron chi connectivity index (χ4n) is 8.07. The van der Waals surface area contributed by atoms with E-state index in [1.54, 1.807) is 0 Å². The van der Waals surface area contributed by atoms with Crippen molar-refractivity contribution in [2.24, 2.45) is 52.3 Å². The number of allylic oxidation sites excluding steroid dienone is 2. The Balaban J connectivity index is 1.63. The van der Waals surface area contributed by atoms with Gasteiger partial charge in [-0.25, -0.2) is 0 Å². The first kappa shape index (κ1) is 18.1. The van der Waals surface area contributed by atoms with Crippen LogP contribution in [-0.4, -0.2) is 11.2 Å². The fourth-order valence-corrected chi connectivity index (χ4v) is 8.07. The average Bonchev–Trinajstić information content (AvgIpc) is 2.90. The summed E-state index contributed by atoms with van der Waals surface area (Å²) in [5, 5.41) is 10.4. The van der Waals surface area contributed by atoms with E-state index in [2.05, 4.69) is 46.8 Å². The predicted molar refractivity (Wildman–Crippen MR) is 105 cm³/mol. The molecule has 25 heavy (non-hydrogen) atoms. The minimum absolute atomic E-state index is 0.0565. The summed E-state index contributed by atoms with van der Waals surface area (Å²) < 4.78 is 0. The molecule has 8 unspecified atom stereocenters. The van der Waals surface area contributed by atoms with Gasteiger partial charge in [0.05, 0.1) is 6.10 Å². The van der Waals surface area contributed by atoms with Crippen molar-refractivity contribution < 1.29 is 5.11 Å². The second-order valence-corrected chi connectivity index (χ2v) is 11.1. The number of rotatable bonds is 2. The predicted octanol–water partition coefficient (Wildman–Crippen LogP) is 6.07. The van der Waals surface area contributed by atoms with Gasteiger partial charge in [-0.3, -0.25) is 0 Å². The van der Waals surface area contributed by atoms with Crippen molar-refractivity contribution in [1.82, 2.24) is 0 Å². The number of hydrogen-bond donors (Lipinski definition) is 1. The van der Waals surface area contributed by atoms with E-state index in [1.807, 2.05) is 0 Å². The molecule has 1 heteroatoms. The fraction of sp³-hybridized carbons (Fsp3) is 0.917. The van der Waals surface area contributed by atoms with E-state index < -0.39 is 0 Å². The molecule has 1 nitrogen and oxygen atoms in total. The van der Waals surface area contributed by atoms with Crippen LogP contribution in [0.4, 0.5) is 0 Å². The molecule has 0 spiro atoms. The summed E-state index contributed by atoms with van der Waals surface area (Å²) in [6.45, 7) is 12.5. The van der Waals surface area contributed by atoms with Gasteiger partial charge in [-0.1, -0.05) is 46.8 Å². The van der Waals surface area contributed by atoms with E-state index in [0.717, 1.165) is 48.3 Å². The third kappa shape index (κ3) is 2.59. The van der Waals surface area contributed by atoms with Crippen LogP contribution >= 0.6 is 0 Å². The first-order valence-corrected chi connectivity index (χ1v) is 11.1. The van der Waals surface area contributed by atoms with Gasteiger partial charge in [0.2, 0.25) is 0 Å². The zero-order chi connectivity index (χ0) is 18.0. The molecule has 0 bridgehead atoms. The van der Waals surface area contributed by atoms with E-state index in [9.17, 15) is 5.11 Å². The molecule has 0 aromatic carbocycles. The summed E-state index contributed by atoms with van der Waals surface area (Å²) in [7, 11) is 0. The zero-order valence-electron chi connectivity index (χ0n) is 17.2. The maximum atomic E-state index is 10.4. The summed E-state index contributed by atoms with van der Waals surface area (Å²) in [5.41, 5.74) is 0.895. The van der Waals surface area contributed by atoms with Crippen LogP contribution in [0.25, 0.3) is 0 Å². The van der Waals surface area contributed by atoms with E-state index in [-0.39, 0.29) is 6.10 Å². The van der Waals surface area contributed by atoms with Gasteiger partial charge in [0.15, 0.2) is 0 Å². The highest BCUT2D eigenvalue weighted by Gasteiger charge is 2.59. The molecule has 9 atom stereocenters. The minimum Gasteiger partial charge on any atom is -0.393 e. The number of aliphatic hydroxyl groups is 1. The van der Waals surface area contributed by atoms with Crippen molar-refractivity contribution in [2.45, 2.75) is 85.7 Å². The molecule has 0 radical (unpaired) electrons. The van der Waals surface area contributed by atoms with Gasteiger partial charge >= 0.3 is 0 Å². The topological polar surface area (TPSA) is 20.2 Å². The molecule has 0 heterocycles. The average molecular weight is 345 g/mol. The van der Waals surface area contributed by atoms with Gasteiger partial charge < -0.3 is 5.11 Å². The lowest BCUT2D eigenvalue weighted by Crippen LogP contribution is -2.52. The second-order valence-electron chi connectivity index (χ2n) is 11.1. The Kier molecular flexibility index (Phi) is 4.42. The van der Waals surface area contributed by atoms with Gasteiger partial charge in [-0.15, -0.1) is 0 Å². The molecular weight excluding hydrogens is 304 g/mol. The van der Waals surface area contributed by atoms with E-state index in [0.29, 0.717) is 16.7 Å². The molecule has 0 aromatic heterocycles. The Bertz CT molecular complexity index is 536. The molecule has 0 aliphatic heterocycles. The zero-order valence-corrected chi connectivity index (χ0v) is 17.2. The van der Waals surface area contributed by atoms with E-state index in [1.165, 1.54) is 32.1 Å². The first-order valence-electron chi connectivity index (χ1n) is 11.1. The Labute approximate surface area is 155 Å². The second kappa shape index (κ2) is 6.11. The molecule has 4 rings (SSSR count). The first-order chi connectivity index (χ1) is 11.8. The van der Waals surface area contributed by atoms with E-state index in [4.69, 9.17) is 0 Å². The molecule has 0 aromatic rings. The Morgan fingerprint density at radius 2 is 1.60 bits per heavy atom. The van der Waals surface area contributed by atoms with Gasteiger partial charge in [0, 0.05) is 0 Å². The van der Waals surface area contributed by atoms with Gasteiger partial charge in [0.25, 0.3) is 0 Å². The minimum atomic E-state index is -0.0565. The van der Waals surface area contributed by atoms with Crippen LogP contribution in [0.3, 0.4) is 0 Å². The van der Waals surface area contributed by atoms with Crippen LogP contribution < -0.4 is 0 Å². The Morgan fingerprint density at radius 1 is 0.880 bits per heavy atom. The maximum Gasteiger partial charge on any atom is 0.0546 e. The summed E-state index contributed by atoms with van der Waals surface area (Å²) in [4.78, 5) is 0. The summed E-state index contributed by atoms with van der Waals surface area (Å²) in [6, 6.07) is 0. The number of fused-ring (bicyclic) bond motifs is 5. The monoisotopic (exact) mass is 344 g/mol. The lowest BCUT2D eigenvalue weighted by Gasteiger charge is -2.59. The van der Waals surface area contributed by atoms with E-state index >= 15 is 0 Å². The van der Waals surface area contributed by atoms with Crippen molar-refractivity contribution in [3.8, 4) is 0 Å². The number of hydrogen-bond acceptors (Lipinski definition) is 1. The quantitative estimate of drug-likeness (QED) is 0.602. The molecular formula is C24H40O. The highest BCUT2D eigenvalue weighted by atomic mass is 16.3. The molecule has 3 fully saturated rings. The molecule has 4 aliphatic carbocycles. The van der Waals surface area contributed by atoms with Crippen LogP contribution in [0.15, 0.2) is 12.2 Å². The van der Waals surface area contributed by atoms with Crippen LogP contribution in [0.5, 0.6) is 0 Å². The van der Waals surface area contributed by atoms with Gasteiger partial charge in [0.1, 0.15) is 0 Å². The van der Waals surface area contributed by atoms with Crippen molar-refractivity contribution in [3.05, 3.63) is 12.2 Å². The summed E-state index contributed by atoms with van der Waals surface area (Å²) in [6.07, 6.45) is 14.1. The highest BCUT2D eigenvalue weighted by Crippen LogP contribution is 2.67. The lowest BCUT2D eigenvalue weighted by molar-refractivity contribution is -0.0883. The standard InChI is InChI=1S/C24H40O/c1-15(2)16(3)20-10-11-21-19-9-7-17-6-8-18(25)14-24(17,5)22(19)12-13-23(20,21)4/h7,9,15-22,25H,6,8,10-14H2,1-5H3/t16?,17?,18-,19?,20?,21?,22?,23?,24?/m0/s1. The molecule has 0 amide bonds. The Morgan fingerprint density at radius 3 is 2.32 bits per heavy atom. The summed E-state index contributed by atoms with van der Waals surface area (Å²) in [5.74, 6) is 5.74. The lowest BCUT2D eigenvalue weighted by atomic mass is 9.46. The van der Waals surface area contributed by atoms with Crippen molar-refractivity contribution >= 4 is 0 Å². The number of aliphatic hydroxyl groups excluding tert-OH is 1. The largest absolute Gasteiger partial charge is 0.393 e. The molecule has 4 aliphatic rings. The summed E-state index contributed by atoms with van der Waals surface area (Å²) >= 11 is 0. The van der Waals surface area contributed by atoms with Crippen molar-refractivity contribution in [1.29, 1.82) is 0 Å². The van der Waals surface area contributed by atoms with Gasteiger partial charge in [-0.05, 0) is 97.2 Å². The molecule has 3 saturated carbocycles. The Hall–Kier alpha value is -0.300. The van der Waals surface area contributed by atoms with Crippen LogP contribution in [0.1, 0.15) is 79.6 Å². The molecule has 0 saturated heterocycles. The molecule has 142 valence electrons. The third-order valence-corrected chi connectivity index (χ3v) is 9.84. The SMILES string of the molecule is CC(C)C(C)C1CCC2C3C=CC4CC[C@H](O)CC4(C)C3CCC12C. The highest BCUT2D eigenvalue weighted by molar-refractivity contribution is 5.18. The maximum absolute atomic E-state index is 10.4. The van der Waals surface area contributed by atoms with Gasteiger partial charge in [-0.2, -0.15) is 0 Å². The third-order valence-electron chi connectivity index (χ3n) is 9.84. The molecule has 1 N–H and O–H groups in total. The van der Waals surface area contributed by atoms with Crippen LogP contribution in [-0.2, 0) is 0 Å². The normalized spacial score (nSPS) is 53.2. The van der Waals surface area contributed by atoms with Crippen LogP contribution in [0, 0.1) is 52.3 Å². The van der Waals surface area contributed by atoms with Crippen molar-refractivity contribution in [3.63, 3.8) is 0 Å². The van der Waals surface area contributed by atoms with Crippen molar-refractivity contribution in [2.75, 3.05) is 0 Å². The smallest absolute Gasteiger partial charge is 0.0546 e. The van der Waals surface area contributed by atoms with Crippen LogP contribution in [0.2, 0.25) is 0 Å².